The molecule has 0 bridgehead atoms. The fraction of sp³-hybridized carbons (Fsp3) is 0.667. The highest BCUT2D eigenvalue weighted by atomic mass is 16.5. The van der Waals surface area contributed by atoms with Crippen LogP contribution in [0.15, 0.2) is 10.7 Å². The van der Waals surface area contributed by atoms with Gasteiger partial charge in [-0.3, -0.25) is 0 Å². The number of ether oxygens (including phenoxy) is 1. The van der Waals surface area contributed by atoms with E-state index in [2.05, 4.69) is 5.16 Å². The Bertz CT molecular complexity index is 266. The zero-order valence-corrected chi connectivity index (χ0v) is 7.53. The molecule has 0 saturated carbocycles. The van der Waals surface area contributed by atoms with Crippen molar-refractivity contribution in [3.63, 3.8) is 0 Å². The molecule has 0 aliphatic carbocycles. The van der Waals surface area contributed by atoms with Crippen LogP contribution in [-0.2, 0) is 11.2 Å². The van der Waals surface area contributed by atoms with Crippen LogP contribution in [0.5, 0.6) is 0 Å². The van der Waals surface area contributed by atoms with Crippen molar-refractivity contribution in [3.05, 3.63) is 17.5 Å². The van der Waals surface area contributed by atoms with Crippen LogP contribution in [-0.4, -0.2) is 18.3 Å². The molecule has 0 radical (unpaired) electrons. The molecular formula is C9H14N2O2. The molecule has 13 heavy (non-hydrogen) atoms. The first-order valence-electron chi connectivity index (χ1n) is 4.67. The Morgan fingerprint density at radius 2 is 2.54 bits per heavy atom. The quantitative estimate of drug-likeness (QED) is 0.758. The van der Waals surface area contributed by atoms with Gasteiger partial charge in [-0.25, -0.2) is 0 Å². The van der Waals surface area contributed by atoms with E-state index < -0.39 is 0 Å². The Kier molecular flexibility index (Phi) is 2.61. The number of hydrogen-bond donors (Lipinski definition) is 1. The summed E-state index contributed by atoms with van der Waals surface area (Å²) >= 11 is 0. The van der Waals surface area contributed by atoms with Gasteiger partial charge in [0.05, 0.1) is 6.20 Å². The van der Waals surface area contributed by atoms with Gasteiger partial charge in [-0.2, -0.15) is 0 Å². The summed E-state index contributed by atoms with van der Waals surface area (Å²) in [5.74, 6) is 0.878. The van der Waals surface area contributed by atoms with Gasteiger partial charge in [-0.15, -0.1) is 0 Å². The van der Waals surface area contributed by atoms with Crippen molar-refractivity contribution >= 4 is 0 Å². The van der Waals surface area contributed by atoms with Crippen molar-refractivity contribution in [2.45, 2.75) is 25.4 Å². The Balaban J connectivity index is 2.13. The Morgan fingerprint density at radius 1 is 1.62 bits per heavy atom. The van der Waals surface area contributed by atoms with Gasteiger partial charge in [-0.05, 0) is 25.8 Å². The van der Waals surface area contributed by atoms with E-state index in [1.165, 1.54) is 0 Å². The lowest BCUT2D eigenvalue weighted by molar-refractivity contribution is 0.0869. The van der Waals surface area contributed by atoms with Crippen molar-refractivity contribution in [1.82, 2.24) is 5.16 Å². The van der Waals surface area contributed by atoms with Crippen LogP contribution in [0.1, 0.15) is 30.3 Å². The van der Waals surface area contributed by atoms with Crippen LogP contribution in [0.3, 0.4) is 0 Å². The molecule has 0 spiro atoms. The molecule has 4 nitrogen and oxygen atoms in total. The summed E-state index contributed by atoms with van der Waals surface area (Å²) in [4.78, 5) is 0. The van der Waals surface area contributed by atoms with E-state index in [0.29, 0.717) is 6.54 Å². The monoisotopic (exact) mass is 182 g/mol. The predicted octanol–water partition coefficient (Wildman–Crippen LogP) is 1.03. The van der Waals surface area contributed by atoms with Crippen LogP contribution >= 0.6 is 0 Å². The summed E-state index contributed by atoms with van der Waals surface area (Å²) in [6.45, 7) is 1.45. The summed E-state index contributed by atoms with van der Waals surface area (Å²) in [6, 6.07) is 0. The lowest BCUT2D eigenvalue weighted by Gasteiger charge is -2.06. The van der Waals surface area contributed by atoms with Gasteiger partial charge in [0, 0.05) is 12.2 Å². The summed E-state index contributed by atoms with van der Waals surface area (Å²) in [7, 11) is 0. The molecule has 0 aromatic carbocycles. The van der Waals surface area contributed by atoms with Crippen LogP contribution in [0.25, 0.3) is 0 Å². The smallest absolute Gasteiger partial charge is 0.168 e. The van der Waals surface area contributed by atoms with E-state index in [0.717, 1.165) is 37.2 Å². The Morgan fingerprint density at radius 3 is 3.23 bits per heavy atom. The fourth-order valence-corrected chi connectivity index (χ4v) is 1.66. The maximum absolute atomic E-state index is 5.51. The molecule has 2 heterocycles. The second-order valence-corrected chi connectivity index (χ2v) is 3.26. The van der Waals surface area contributed by atoms with Crippen LogP contribution in [0, 0.1) is 0 Å². The zero-order valence-electron chi connectivity index (χ0n) is 7.53. The maximum atomic E-state index is 5.51. The maximum Gasteiger partial charge on any atom is 0.168 e. The van der Waals surface area contributed by atoms with Crippen molar-refractivity contribution in [1.29, 1.82) is 0 Å². The molecule has 1 saturated heterocycles. The molecule has 2 rings (SSSR count). The third-order valence-corrected chi connectivity index (χ3v) is 2.31. The molecule has 1 atom stereocenters. The molecular weight excluding hydrogens is 168 g/mol. The van der Waals surface area contributed by atoms with E-state index in [-0.39, 0.29) is 6.10 Å². The second-order valence-electron chi connectivity index (χ2n) is 3.26. The topological polar surface area (TPSA) is 61.3 Å². The van der Waals surface area contributed by atoms with Crippen molar-refractivity contribution < 1.29 is 9.26 Å². The standard InChI is InChI=1S/C9H14N2O2/c10-4-3-7-6-11-13-9(7)8-2-1-5-12-8/h6,8H,1-5,10H2. The van der Waals surface area contributed by atoms with Gasteiger partial charge < -0.3 is 15.0 Å². The molecule has 1 aromatic heterocycles. The summed E-state index contributed by atoms with van der Waals surface area (Å²) in [6.07, 6.45) is 4.81. The zero-order chi connectivity index (χ0) is 9.10. The fourth-order valence-electron chi connectivity index (χ4n) is 1.66. The van der Waals surface area contributed by atoms with Gasteiger partial charge in [0.2, 0.25) is 0 Å². The van der Waals surface area contributed by atoms with Gasteiger partial charge in [0.25, 0.3) is 0 Å². The average molecular weight is 182 g/mol. The van der Waals surface area contributed by atoms with Crippen LogP contribution in [0.2, 0.25) is 0 Å². The first-order valence-corrected chi connectivity index (χ1v) is 4.67. The lowest BCUT2D eigenvalue weighted by Crippen LogP contribution is -2.05. The second kappa shape index (κ2) is 3.89. The van der Waals surface area contributed by atoms with E-state index in [4.69, 9.17) is 15.0 Å². The van der Waals surface area contributed by atoms with E-state index >= 15 is 0 Å². The van der Waals surface area contributed by atoms with Gasteiger partial charge in [0.15, 0.2) is 5.76 Å². The molecule has 1 unspecified atom stereocenters. The summed E-state index contributed by atoms with van der Waals surface area (Å²) in [5, 5.41) is 3.77. The number of rotatable bonds is 3. The number of nitrogens with zero attached hydrogens (tertiary/aromatic N) is 1. The predicted molar refractivity (Wildman–Crippen MR) is 47.2 cm³/mol. The summed E-state index contributed by atoms with van der Waals surface area (Å²) < 4.78 is 10.7. The normalized spacial score (nSPS) is 22.4. The molecule has 1 aromatic rings. The van der Waals surface area contributed by atoms with Gasteiger partial charge in [0.1, 0.15) is 6.10 Å². The van der Waals surface area contributed by atoms with E-state index in [9.17, 15) is 0 Å². The van der Waals surface area contributed by atoms with Gasteiger partial charge >= 0.3 is 0 Å². The molecule has 1 aliphatic heterocycles. The minimum Gasteiger partial charge on any atom is -0.370 e. The van der Waals surface area contributed by atoms with Crippen molar-refractivity contribution in [2.75, 3.05) is 13.2 Å². The minimum atomic E-state index is 0.115. The molecule has 72 valence electrons. The van der Waals surface area contributed by atoms with E-state index in [1.54, 1.807) is 6.20 Å². The van der Waals surface area contributed by atoms with Crippen LogP contribution in [0.4, 0.5) is 0 Å². The third-order valence-electron chi connectivity index (χ3n) is 2.31. The highest BCUT2D eigenvalue weighted by Gasteiger charge is 2.24. The van der Waals surface area contributed by atoms with E-state index in [1.807, 2.05) is 0 Å². The Hall–Kier alpha value is -0.870. The molecule has 4 heteroatoms. The highest BCUT2D eigenvalue weighted by molar-refractivity contribution is 5.16. The molecule has 2 N–H and O–H groups in total. The minimum absolute atomic E-state index is 0.115. The van der Waals surface area contributed by atoms with Crippen molar-refractivity contribution in [3.8, 4) is 0 Å². The highest BCUT2D eigenvalue weighted by Crippen LogP contribution is 2.30. The molecule has 1 fully saturated rings. The summed E-state index contributed by atoms with van der Waals surface area (Å²) in [5.41, 5.74) is 6.57. The Labute approximate surface area is 77.0 Å². The average Bonchev–Trinajstić information content (AvgIpc) is 2.71. The van der Waals surface area contributed by atoms with Crippen molar-refractivity contribution in [2.24, 2.45) is 5.73 Å². The SMILES string of the molecule is NCCc1cnoc1C1CCCO1. The molecule has 0 amide bonds. The van der Waals surface area contributed by atoms with Gasteiger partial charge in [-0.1, -0.05) is 5.16 Å². The third kappa shape index (κ3) is 1.73. The first kappa shape index (κ1) is 8.72. The lowest BCUT2D eigenvalue weighted by atomic mass is 10.1. The first-order chi connectivity index (χ1) is 6.42. The number of nitrogens with two attached hydrogens (primary N) is 1. The number of hydrogen-bond acceptors (Lipinski definition) is 4. The molecule has 1 aliphatic rings. The van der Waals surface area contributed by atoms with Crippen LogP contribution < -0.4 is 5.73 Å². The largest absolute Gasteiger partial charge is 0.370 e. The number of aromatic nitrogens is 1.